The minimum Gasteiger partial charge on any atom is -0.328 e. The van der Waals surface area contributed by atoms with Crippen molar-refractivity contribution in [1.29, 1.82) is 0 Å². The molecule has 6 nitrogen and oxygen atoms in total. The third-order valence-corrected chi connectivity index (χ3v) is 4.41. The average Bonchev–Trinajstić information content (AvgIpc) is 3.22. The molecule has 0 bridgehead atoms. The lowest BCUT2D eigenvalue weighted by Crippen LogP contribution is -2.38. The number of aromatic nitrogens is 2. The highest BCUT2D eigenvalue weighted by Crippen LogP contribution is 2.34. The number of hydrogen-bond donors (Lipinski definition) is 1. The van der Waals surface area contributed by atoms with Crippen molar-refractivity contribution in [3.8, 4) is 5.69 Å². The fourth-order valence-corrected chi connectivity index (χ4v) is 2.87. The fourth-order valence-electron chi connectivity index (χ4n) is 2.87. The van der Waals surface area contributed by atoms with Gasteiger partial charge in [0.2, 0.25) is 5.91 Å². The van der Waals surface area contributed by atoms with Gasteiger partial charge in [0.05, 0.1) is 16.9 Å². The maximum Gasteiger partial charge on any atom is 0.418 e. The Hall–Kier alpha value is -3.69. The van der Waals surface area contributed by atoms with Crippen molar-refractivity contribution in [2.45, 2.75) is 13.1 Å². The second kappa shape index (κ2) is 8.99. The molecule has 10 heteroatoms. The van der Waals surface area contributed by atoms with Crippen LogP contribution in [0.15, 0.2) is 60.8 Å². The Labute approximate surface area is 175 Å². The average molecular weight is 434 g/mol. The number of nitrogens with zero attached hydrogens (tertiary/aromatic N) is 3. The van der Waals surface area contributed by atoms with Gasteiger partial charge in [-0.05, 0) is 49.4 Å². The molecule has 1 aromatic heterocycles. The molecule has 162 valence electrons. The first-order valence-corrected chi connectivity index (χ1v) is 9.26. The van der Waals surface area contributed by atoms with Crippen LogP contribution in [0, 0.1) is 5.82 Å². The minimum absolute atomic E-state index is 0.0367. The molecule has 0 radical (unpaired) electrons. The summed E-state index contributed by atoms with van der Waals surface area (Å²) in [6, 6.07) is 11.5. The quantitative estimate of drug-likeness (QED) is 0.594. The van der Waals surface area contributed by atoms with Gasteiger partial charge in [-0.2, -0.15) is 18.3 Å². The van der Waals surface area contributed by atoms with Crippen molar-refractivity contribution < 1.29 is 27.2 Å². The third kappa shape index (κ3) is 5.27. The highest BCUT2D eigenvalue weighted by molar-refractivity contribution is 5.98. The van der Waals surface area contributed by atoms with E-state index in [1.54, 1.807) is 6.92 Å². The monoisotopic (exact) mass is 434 g/mol. The van der Waals surface area contributed by atoms with E-state index in [2.05, 4.69) is 10.4 Å². The molecule has 0 aliphatic carbocycles. The second-order valence-electron chi connectivity index (χ2n) is 6.53. The van der Waals surface area contributed by atoms with Gasteiger partial charge in [0.25, 0.3) is 5.91 Å². The van der Waals surface area contributed by atoms with Gasteiger partial charge >= 0.3 is 6.18 Å². The summed E-state index contributed by atoms with van der Waals surface area (Å²) in [5.74, 6) is -1.75. The number of likely N-dealkylation sites (N-methyl/N-ethyl adjacent to an activating group) is 1. The van der Waals surface area contributed by atoms with Crippen LogP contribution in [-0.2, 0) is 11.0 Å². The van der Waals surface area contributed by atoms with Crippen LogP contribution in [0.3, 0.4) is 0 Å². The van der Waals surface area contributed by atoms with Gasteiger partial charge < -0.3 is 10.2 Å². The normalized spacial score (nSPS) is 11.3. The number of rotatable bonds is 6. The Morgan fingerprint density at radius 2 is 1.74 bits per heavy atom. The molecule has 1 heterocycles. The van der Waals surface area contributed by atoms with E-state index < -0.39 is 35.9 Å². The SMILES string of the molecule is CCN(CC(=O)Nc1ccccc1C(F)(F)F)C(=O)c1ccn(-c2ccc(F)cc2)n1. The summed E-state index contributed by atoms with van der Waals surface area (Å²) in [5.41, 5.74) is -0.792. The molecular weight excluding hydrogens is 416 g/mol. The summed E-state index contributed by atoms with van der Waals surface area (Å²) in [7, 11) is 0. The van der Waals surface area contributed by atoms with E-state index in [-0.39, 0.29) is 17.9 Å². The number of nitrogens with one attached hydrogen (secondary N) is 1. The first kappa shape index (κ1) is 22.0. The van der Waals surface area contributed by atoms with Gasteiger partial charge in [0.1, 0.15) is 12.4 Å². The van der Waals surface area contributed by atoms with Crippen molar-refractivity contribution in [1.82, 2.24) is 14.7 Å². The van der Waals surface area contributed by atoms with Gasteiger partial charge in [-0.1, -0.05) is 12.1 Å². The smallest absolute Gasteiger partial charge is 0.328 e. The number of carbonyl (C=O) groups excluding carboxylic acids is 2. The highest BCUT2D eigenvalue weighted by atomic mass is 19.4. The molecule has 0 aliphatic rings. The first-order valence-electron chi connectivity index (χ1n) is 9.26. The Kier molecular flexibility index (Phi) is 6.38. The zero-order valence-corrected chi connectivity index (χ0v) is 16.4. The number of halogens is 4. The van der Waals surface area contributed by atoms with Gasteiger partial charge in [0, 0.05) is 12.7 Å². The molecule has 2 aromatic carbocycles. The summed E-state index contributed by atoms with van der Waals surface area (Å²) in [4.78, 5) is 26.2. The Bertz CT molecular complexity index is 1080. The van der Waals surface area contributed by atoms with E-state index in [0.29, 0.717) is 5.69 Å². The lowest BCUT2D eigenvalue weighted by atomic mass is 10.1. The maximum absolute atomic E-state index is 13.1. The van der Waals surface area contributed by atoms with Crippen LogP contribution in [0.4, 0.5) is 23.2 Å². The van der Waals surface area contributed by atoms with E-state index in [4.69, 9.17) is 0 Å². The topological polar surface area (TPSA) is 67.2 Å². The van der Waals surface area contributed by atoms with Crippen LogP contribution in [0.25, 0.3) is 5.69 Å². The van der Waals surface area contributed by atoms with Crippen LogP contribution in [0.1, 0.15) is 23.0 Å². The summed E-state index contributed by atoms with van der Waals surface area (Å²) in [6.45, 7) is 1.31. The zero-order valence-electron chi connectivity index (χ0n) is 16.4. The van der Waals surface area contributed by atoms with E-state index in [1.807, 2.05) is 0 Å². The molecule has 0 fully saturated rings. The molecule has 3 aromatic rings. The van der Waals surface area contributed by atoms with Crippen molar-refractivity contribution in [2.24, 2.45) is 0 Å². The van der Waals surface area contributed by atoms with Crippen LogP contribution >= 0.6 is 0 Å². The van der Waals surface area contributed by atoms with E-state index >= 15 is 0 Å². The number of para-hydroxylation sites is 1. The number of benzene rings is 2. The number of amides is 2. The predicted molar refractivity (Wildman–Crippen MR) is 105 cm³/mol. The fraction of sp³-hybridized carbons (Fsp3) is 0.190. The zero-order chi connectivity index (χ0) is 22.6. The molecule has 0 aliphatic heterocycles. The molecule has 2 amide bonds. The van der Waals surface area contributed by atoms with Crippen molar-refractivity contribution in [3.05, 3.63) is 77.9 Å². The summed E-state index contributed by atoms with van der Waals surface area (Å²) >= 11 is 0. The number of hydrogen-bond acceptors (Lipinski definition) is 3. The molecule has 0 spiro atoms. The summed E-state index contributed by atoms with van der Waals surface area (Å²) in [6.07, 6.45) is -3.12. The number of alkyl halides is 3. The Morgan fingerprint density at radius 3 is 2.39 bits per heavy atom. The minimum atomic E-state index is -4.63. The second-order valence-corrected chi connectivity index (χ2v) is 6.53. The molecular formula is C21H18F4N4O2. The molecule has 0 saturated heterocycles. The Balaban J connectivity index is 1.71. The van der Waals surface area contributed by atoms with Gasteiger partial charge in [-0.3, -0.25) is 9.59 Å². The summed E-state index contributed by atoms with van der Waals surface area (Å²) in [5, 5.41) is 6.35. The molecule has 1 N–H and O–H groups in total. The maximum atomic E-state index is 13.1. The number of anilines is 1. The molecule has 0 atom stereocenters. The van der Waals surface area contributed by atoms with E-state index in [1.165, 1.54) is 53.3 Å². The van der Waals surface area contributed by atoms with Crippen LogP contribution < -0.4 is 5.32 Å². The van der Waals surface area contributed by atoms with Gasteiger partial charge in [-0.15, -0.1) is 0 Å². The number of carbonyl (C=O) groups is 2. The van der Waals surface area contributed by atoms with Gasteiger partial charge in [0.15, 0.2) is 5.69 Å². The van der Waals surface area contributed by atoms with Crippen molar-refractivity contribution >= 4 is 17.5 Å². The highest BCUT2D eigenvalue weighted by Gasteiger charge is 2.33. The van der Waals surface area contributed by atoms with E-state index in [9.17, 15) is 27.2 Å². The van der Waals surface area contributed by atoms with Crippen LogP contribution in [0.5, 0.6) is 0 Å². The van der Waals surface area contributed by atoms with Crippen LogP contribution in [0.2, 0.25) is 0 Å². The molecule has 3 rings (SSSR count). The lowest BCUT2D eigenvalue weighted by Gasteiger charge is -2.20. The summed E-state index contributed by atoms with van der Waals surface area (Å²) < 4.78 is 53.7. The standard InChI is InChI=1S/C21H18F4N4O2/c1-2-28(13-19(30)26-17-6-4-3-5-16(17)21(23,24)25)20(31)18-11-12-29(27-18)15-9-7-14(22)8-10-15/h3-12H,2,13H2,1H3,(H,26,30). The Morgan fingerprint density at radius 1 is 1.06 bits per heavy atom. The molecule has 31 heavy (non-hydrogen) atoms. The van der Waals surface area contributed by atoms with Crippen LogP contribution in [-0.4, -0.2) is 39.6 Å². The van der Waals surface area contributed by atoms with E-state index in [0.717, 1.165) is 17.0 Å². The molecule has 0 saturated carbocycles. The largest absolute Gasteiger partial charge is 0.418 e. The lowest BCUT2D eigenvalue weighted by molar-refractivity contribution is -0.137. The molecule has 0 unspecified atom stereocenters. The van der Waals surface area contributed by atoms with Gasteiger partial charge in [-0.25, -0.2) is 9.07 Å². The van der Waals surface area contributed by atoms with Crippen molar-refractivity contribution in [3.63, 3.8) is 0 Å². The predicted octanol–water partition coefficient (Wildman–Crippen LogP) is 4.13. The third-order valence-electron chi connectivity index (χ3n) is 4.41. The van der Waals surface area contributed by atoms with Crippen molar-refractivity contribution in [2.75, 3.05) is 18.4 Å². The first-order chi connectivity index (χ1) is 14.7.